The Hall–Kier alpha value is -3.18. The normalized spacial score (nSPS) is 18.0. The van der Waals surface area contributed by atoms with Crippen molar-refractivity contribution < 1.29 is 4.79 Å². The van der Waals surface area contributed by atoms with Crippen molar-refractivity contribution >= 4 is 39.1 Å². The Balaban J connectivity index is 1.35. The molecule has 0 unspecified atom stereocenters. The van der Waals surface area contributed by atoms with Gasteiger partial charge in [-0.25, -0.2) is 14.8 Å². The minimum Gasteiger partial charge on any atom is -0.352 e. The van der Waals surface area contributed by atoms with E-state index in [-0.39, 0.29) is 6.03 Å². The number of thiophene rings is 1. The molecule has 2 amide bonds. The highest BCUT2D eigenvalue weighted by Gasteiger charge is 2.28. The van der Waals surface area contributed by atoms with Gasteiger partial charge in [0.2, 0.25) is 0 Å². The second-order valence-electron chi connectivity index (χ2n) is 9.34. The van der Waals surface area contributed by atoms with Crippen molar-refractivity contribution in [1.82, 2.24) is 14.9 Å². The lowest BCUT2D eigenvalue weighted by atomic mass is 9.89. The summed E-state index contributed by atoms with van der Waals surface area (Å²) in [5.41, 5.74) is 2.63. The molecule has 1 aliphatic carbocycles. The molecule has 0 saturated carbocycles. The molecule has 3 heterocycles. The molecule has 0 bridgehead atoms. The Labute approximate surface area is 204 Å². The van der Waals surface area contributed by atoms with Crippen LogP contribution in [-0.4, -0.2) is 47.1 Å². The van der Waals surface area contributed by atoms with E-state index in [9.17, 15) is 4.79 Å². The molecule has 34 heavy (non-hydrogen) atoms. The zero-order valence-corrected chi connectivity index (χ0v) is 20.6. The second-order valence-corrected chi connectivity index (χ2v) is 10.4. The fourth-order valence-corrected chi connectivity index (χ4v) is 6.32. The Morgan fingerprint density at radius 3 is 2.85 bits per heavy atom. The summed E-state index contributed by atoms with van der Waals surface area (Å²) in [7, 11) is 0. The summed E-state index contributed by atoms with van der Waals surface area (Å²) in [6, 6.07) is 9.00. The van der Waals surface area contributed by atoms with Gasteiger partial charge in [0, 0.05) is 43.2 Å². The quantitative estimate of drug-likeness (QED) is 0.575. The number of piperazine rings is 1. The lowest BCUT2D eigenvalue weighted by Crippen LogP contribution is -2.50. The van der Waals surface area contributed by atoms with Crippen LogP contribution in [0.3, 0.4) is 0 Å². The number of nitrogens with one attached hydrogen (secondary N) is 1. The van der Waals surface area contributed by atoms with Crippen LogP contribution < -0.4 is 10.2 Å². The molecule has 1 atom stereocenters. The lowest BCUT2D eigenvalue weighted by molar-refractivity contribution is 0.208. The highest BCUT2D eigenvalue weighted by Crippen LogP contribution is 2.41. The average molecular weight is 475 g/mol. The number of anilines is 2. The predicted molar refractivity (Wildman–Crippen MR) is 137 cm³/mol. The highest BCUT2D eigenvalue weighted by molar-refractivity contribution is 7.19. The van der Waals surface area contributed by atoms with Gasteiger partial charge in [0.1, 0.15) is 16.5 Å². The first-order chi connectivity index (χ1) is 16.6. The summed E-state index contributed by atoms with van der Waals surface area (Å²) in [5, 5.41) is 13.3. The SMILES string of the molecule is CCCc1nc(N2CCN(C(=O)Nc3cccc(C#N)c3)CC2)c2c3c(sc2n1)C[C@H](C)CC3. The summed E-state index contributed by atoms with van der Waals surface area (Å²) in [6.45, 7) is 7.24. The fraction of sp³-hybridized carbons (Fsp3) is 0.462. The number of nitriles is 1. The third-order valence-electron chi connectivity index (χ3n) is 6.77. The van der Waals surface area contributed by atoms with Crippen LogP contribution in [0.2, 0.25) is 0 Å². The molecular weight excluding hydrogens is 444 g/mol. The predicted octanol–water partition coefficient (Wildman–Crippen LogP) is 4.99. The number of aryl methyl sites for hydroxylation is 2. The third kappa shape index (κ3) is 4.45. The van der Waals surface area contributed by atoms with Gasteiger partial charge in [-0.1, -0.05) is 19.9 Å². The number of hydrogen-bond donors (Lipinski definition) is 1. The molecule has 7 nitrogen and oxygen atoms in total. The molecule has 1 aromatic carbocycles. The smallest absolute Gasteiger partial charge is 0.321 e. The van der Waals surface area contributed by atoms with E-state index in [0.29, 0.717) is 24.3 Å². The first-order valence-corrected chi connectivity index (χ1v) is 13.0. The third-order valence-corrected chi connectivity index (χ3v) is 7.91. The fourth-order valence-electron chi connectivity index (χ4n) is 4.92. The number of rotatable bonds is 4. The first-order valence-electron chi connectivity index (χ1n) is 12.2. The number of carbonyl (C=O) groups is 1. The van der Waals surface area contributed by atoms with Gasteiger partial charge in [0.15, 0.2) is 0 Å². The maximum atomic E-state index is 12.8. The Kier molecular flexibility index (Phi) is 6.38. The average Bonchev–Trinajstić information content (AvgIpc) is 3.21. The highest BCUT2D eigenvalue weighted by atomic mass is 32.1. The number of benzene rings is 1. The van der Waals surface area contributed by atoms with Crippen LogP contribution in [0.15, 0.2) is 24.3 Å². The van der Waals surface area contributed by atoms with Crippen molar-refractivity contribution in [1.29, 1.82) is 5.26 Å². The summed E-state index contributed by atoms with van der Waals surface area (Å²) < 4.78 is 0. The first kappa shape index (κ1) is 22.6. The number of carbonyl (C=O) groups excluding carboxylic acids is 1. The maximum Gasteiger partial charge on any atom is 0.321 e. The minimum absolute atomic E-state index is 0.129. The van der Waals surface area contributed by atoms with Gasteiger partial charge in [-0.3, -0.25) is 0 Å². The van der Waals surface area contributed by atoms with Gasteiger partial charge in [-0.05, 0) is 55.4 Å². The van der Waals surface area contributed by atoms with Gasteiger partial charge in [-0.15, -0.1) is 11.3 Å². The van der Waals surface area contributed by atoms with E-state index in [1.807, 2.05) is 22.3 Å². The molecule has 8 heteroatoms. The second kappa shape index (κ2) is 9.59. The topological polar surface area (TPSA) is 85.2 Å². The monoisotopic (exact) mass is 474 g/mol. The van der Waals surface area contributed by atoms with Crippen molar-refractivity contribution in [2.24, 2.45) is 5.92 Å². The molecule has 0 radical (unpaired) electrons. The summed E-state index contributed by atoms with van der Waals surface area (Å²) in [5.74, 6) is 2.71. The van der Waals surface area contributed by atoms with E-state index in [1.54, 1.807) is 18.2 Å². The van der Waals surface area contributed by atoms with Gasteiger partial charge >= 0.3 is 6.03 Å². The van der Waals surface area contributed by atoms with E-state index < -0.39 is 0 Å². The van der Waals surface area contributed by atoms with E-state index in [2.05, 4.69) is 30.1 Å². The van der Waals surface area contributed by atoms with Crippen molar-refractivity contribution in [3.8, 4) is 6.07 Å². The minimum atomic E-state index is -0.129. The number of nitrogens with zero attached hydrogens (tertiary/aromatic N) is 5. The van der Waals surface area contributed by atoms with Crippen LogP contribution in [-0.2, 0) is 19.3 Å². The molecular formula is C26H30N6OS. The zero-order chi connectivity index (χ0) is 23.7. The number of urea groups is 1. The van der Waals surface area contributed by atoms with Crippen LogP contribution in [0.4, 0.5) is 16.3 Å². The maximum absolute atomic E-state index is 12.8. The molecule has 5 rings (SSSR count). The summed E-state index contributed by atoms with van der Waals surface area (Å²) in [4.78, 5) is 29.6. The zero-order valence-electron chi connectivity index (χ0n) is 19.8. The Morgan fingerprint density at radius 2 is 2.09 bits per heavy atom. The van der Waals surface area contributed by atoms with Crippen LogP contribution in [0.25, 0.3) is 10.2 Å². The molecule has 3 aromatic rings. The number of hydrogen-bond acceptors (Lipinski definition) is 6. The van der Waals surface area contributed by atoms with Crippen LogP contribution >= 0.6 is 11.3 Å². The largest absolute Gasteiger partial charge is 0.352 e. The number of amides is 2. The molecule has 1 saturated heterocycles. The van der Waals surface area contributed by atoms with Crippen molar-refractivity contribution in [2.45, 2.75) is 46.0 Å². The van der Waals surface area contributed by atoms with E-state index >= 15 is 0 Å². The molecule has 1 aliphatic heterocycles. The van der Waals surface area contributed by atoms with E-state index in [0.717, 1.165) is 61.2 Å². The number of aromatic nitrogens is 2. The molecule has 176 valence electrons. The molecule has 2 aromatic heterocycles. The van der Waals surface area contributed by atoms with Crippen molar-refractivity contribution in [3.05, 3.63) is 46.1 Å². The lowest BCUT2D eigenvalue weighted by Gasteiger charge is -2.36. The van der Waals surface area contributed by atoms with Crippen LogP contribution in [0.5, 0.6) is 0 Å². The van der Waals surface area contributed by atoms with Gasteiger partial charge in [0.05, 0.1) is 17.0 Å². The van der Waals surface area contributed by atoms with Crippen LogP contribution in [0, 0.1) is 17.2 Å². The number of fused-ring (bicyclic) bond motifs is 3. The molecule has 2 aliphatic rings. The van der Waals surface area contributed by atoms with Gasteiger partial charge in [-0.2, -0.15) is 5.26 Å². The summed E-state index contributed by atoms with van der Waals surface area (Å²) >= 11 is 1.86. The molecule has 1 fully saturated rings. The summed E-state index contributed by atoms with van der Waals surface area (Å²) in [6.07, 6.45) is 5.36. The molecule has 0 spiro atoms. The van der Waals surface area contributed by atoms with E-state index in [4.69, 9.17) is 15.2 Å². The van der Waals surface area contributed by atoms with Crippen LogP contribution in [0.1, 0.15) is 48.5 Å². The van der Waals surface area contributed by atoms with Gasteiger partial charge in [0.25, 0.3) is 0 Å². The van der Waals surface area contributed by atoms with Crippen molar-refractivity contribution in [3.63, 3.8) is 0 Å². The standard InChI is InChI=1S/C26H30N6OS/c1-3-5-22-29-24(23-20-9-8-17(2)14-21(20)34-25(23)30-22)31-10-12-32(13-11-31)26(33)28-19-7-4-6-18(15-19)16-27/h4,6-7,15,17H,3,5,8-14H2,1-2H3,(H,28,33)/t17-/m1/s1. The molecule has 1 N–H and O–H groups in total. The van der Waals surface area contributed by atoms with Crippen molar-refractivity contribution in [2.75, 3.05) is 36.4 Å². The Morgan fingerprint density at radius 1 is 1.26 bits per heavy atom. The van der Waals surface area contributed by atoms with Gasteiger partial charge < -0.3 is 15.1 Å². The Bertz CT molecular complexity index is 1250. The van der Waals surface area contributed by atoms with E-state index in [1.165, 1.54) is 22.2 Å².